The predicted octanol–water partition coefficient (Wildman–Crippen LogP) is 2.28. The van der Waals surface area contributed by atoms with Gasteiger partial charge in [-0.2, -0.15) is 0 Å². The third-order valence-corrected chi connectivity index (χ3v) is 5.54. The van der Waals surface area contributed by atoms with Crippen LogP contribution in [0.3, 0.4) is 0 Å². The van der Waals surface area contributed by atoms with Crippen LogP contribution in [0.1, 0.15) is 18.9 Å². The first-order valence-corrected chi connectivity index (χ1v) is 8.89. The van der Waals surface area contributed by atoms with Gasteiger partial charge in [0.15, 0.2) is 0 Å². The highest BCUT2D eigenvalue weighted by Gasteiger charge is 2.26. The highest BCUT2D eigenvalue weighted by molar-refractivity contribution is 9.08. The summed E-state index contributed by atoms with van der Waals surface area (Å²) < 4.78 is 32.4. The Labute approximate surface area is 122 Å². The standard InChI is InChI=1S/C13H18BrNO3S/c1-10-12(6-7-18-10)9-15-19(16,17)13-4-2-11(8-14)3-5-13/h2-5,10,12,15H,6-9H2,1H3. The molecule has 0 aromatic heterocycles. The second-order valence-electron chi connectivity index (χ2n) is 4.75. The number of sulfonamides is 1. The van der Waals surface area contributed by atoms with Crippen LogP contribution in [0.25, 0.3) is 0 Å². The Morgan fingerprint density at radius 1 is 1.37 bits per heavy atom. The van der Waals surface area contributed by atoms with Gasteiger partial charge in [-0.1, -0.05) is 28.1 Å². The molecule has 1 saturated heterocycles. The van der Waals surface area contributed by atoms with Crippen molar-refractivity contribution < 1.29 is 13.2 Å². The van der Waals surface area contributed by atoms with Crippen molar-refractivity contribution in [2.45, 2.75) is 29.7 Å². The number of hydrogen-bond donors (Lipinski definition) is 1. The normalized spacial score (nSPS) is 23.7. The second-order valence-corrected chi connectivity index (χ2v) is 7.08. The zero-order valence-electron chi connectivity index (χ0n) is 10.8. The molecule has 106 valence electrons. The van der Waals surface area contributed by atoms with Gasteiger partial charge in [0.05, 0.1) is 11.0 Å². The highest BCUT2D eigenvalue weighted by atomic mass is 79.9. The van der Waals surface area contributed by atoms with E-state index >= 15 is 0 Å². The first kappa shape index (κ1) is 15.0. The lowest BCUT2D eigenvalue weighted by Gasteiger charge is -2.15. The van der Waals surface area contributed by atoms with E-state index in [1.807, 2.05) is 19.1 Å². The van der Waals surface area contributed by atoms with E-state index in [-0.39, 0.29) is 12.0 Å². The molecule has 2 atom stereocenters. The lowest BCUT2D eigenvalue weighted by Crippen LogP contribution is -2.32. The molecule has 2 unspecified atom stereocenters. The summed E-state index contributed by atoms with van der Waals surface area (Å²) >= 11 is 3.34. The maximum Gasteiger partial charge on any atom is 0.240 e. The van der Waals surface area contributed by atoms with Crippen molar-refractivity contribution in [3.05, 3.63) is 29.8 Å². The summed E-state index contributed by atoms with van der Waals surface area (Å²) in [5, 5.41) is 0.720. The Hall–Kier alpha value is -0.430. The number of ether oxygens (including phenoxy) is 1. The van der Waals surface area contributed by atoms with Crippen LogP contribution in [-0.4, -0.2) is 27.7 Å². The van der Waals surface area contributed by atoms with Gasteiger partial charge in [0, 0.05) is 24.4 Å². The predicted molar refractivity (Wildman–Crippen MR) is 77.8 cm³/mol. The molecule has 1 aromatic rings. The molecule has 1 aliphatic heterocycles. The van der Waals surface area contributed by atoms with Crippen LogP contribution >= 0.6 is 15.9 Å². The van der Waals surface area contributed by atoms with Crippen molar-refractivity contribution in [1.82, 2.24) is 4.72 Å². The fraction of sp³-hybridized carbons (Fsp3) is 0.538. The first-order chi connectivity index (χ1) is 9.03. The van der Waals surface area contributed by atoms with Gasteiger partial charge in [0.1, 0.15) is 0 Å². The third-order valence-electron chi connectivity index (χ3n) is 3.46. The molecule has 0 amide bonds. The van der Waals surface area contributed by atoms with Gasteiger partial charge in [0.2, 0.25) is 10.0 Å². The van der Waals surface area contributed by atoms with Crippen LogP contribution in [0, 0.1) is 5.92 Å². The average Bonchev–Trinajstić information content (AvgIpc) is 2.82. The summed E-state index contributed by atoms with van der Waals surface area (Å²) in [5.74, 6) is 0.261. The highest BCUT2D eigenvalue weighted by Crippen LogP contribution is 2.20. The van der Waals surface area contributed by atoms with Crippen molar-refractivity contribution in [3.8, 4) is 0 Å². The molecule has 1 heterocycles. The van der Waals surface area contributed by atoms with Gasteiger partial charge < -0.3 is 4.74 Å². The smallest absolute Gasteiger partial charge is 0.240 e. The van der Waals surface area contributed by atoms with Crippen molar-refractivity contribution >= 4 is 26.0 Å². The quantitative estimate of drug-likeness (QED) is 0.831. The molecule has 0 saturated carbocycles. The summed E-state index contributed by atoms with van der Waals surface area (Å²) in [6.45, 7) is 3.13. The Kier molecular flexibility index (Phi) is 5.00. The number of benzene rings is 1. The fourth-order valence-electron chi connectivity index (χ4n) is 2.10. The minimum Gasteiger partial charge on any atom is -0.378 e. The van der Waals surface area contributed by atoms with Gasteiger partial charge in [0.25, 0.3) is 0 Å². The molecule has 1 fully saturated rings. The molecule has 1 aliphatic rings. The second kappa shape index (κ2) is 6.35. The molecule has 2 rings (SSSR count). The van der Waals surface area contributed by atoms with Crippen molar-refractivity contribution in [1.29, 1.82) is 0 Å². The lowest BCUT2D eigenvalue weighted by molar-refractivity contribution is 0.107. The molecule has 6 heteroatoms. The third kappa shape index (κ3) is 3.78. The maximum atomic E-state index is 12.1. The topological polar surface area (TPSA) is 55.4 Å². The molecule has 1 N–H and O–H groups in total. The number of rotatable bonds is 5. The van der Waals surface area contributed by atoms with Gasteiger partial charge in [-0.25, -0.2) is 13.1 Å². The van der Waals surface area contributed by atoms with Crippen LogP contribution in [0.4, 0.5) is 0 Å². The molecule has 19 heavy (non-hydrogen) atoms. The minimum absolute atomic E-state index is 0.124. The number of alkyl halides is 1. The van der Waals surface area contributed by atoms with E-state index in [2.05, 4.69) is 20.7 Å². The lowest BCUT2D eigenvalue weighted by atomic mass is 10.0. The number of nitrogens with one attached hydrogen (secondary N) is 1. The van der Waals surface area contributed by atoms with E-state index in [9.17, 15) is 8.42 Å². The van der Waals surface area contributed by atoms with Crippen molar-refractivity contribution in [2.24, 2.45) is 5.92 Å². The Morgan fingerprint density at radius 2 is 2.05 bits per heavy atom. The first-order valence-electron chi connectivity index (χ1n) is 6.29. The molecular formula is C13H18BrNO3S. The fourth-order valence-corrected chi connectivity index (χ4v) is 3.57. The Morgan fingerprint density at radius 3 is 2.58 bits per heavy atom. The largest absolute Gasteiger partial charge is 0.378 e. The number of hydrogen-bond acceptors (Lipinski definition) is 3. The summed E-state index contributed by atoms with van der Waals surface area (Å²) in [7, 11) is -3.42. The summed E-state index contributed by atoms with van der Waals surface area (Å²) in [5.41, 5.74) is 1.05. The molecule has 0 radical (unpaired) electrons. The van der Waals surface area contributed by atoms with Crippen LogP contribution in [0.15, 0.2) is 29.2 Å². The van der Waals surface area contributed by atoms with Gasteiger partial charge in [-0.15, -0.1) is 0 Å². The van der Waals surface area contributed by atoms with E-state index in [0.29, 0.717) is 18.0 Å². The van der Waals surface area contributed by atoms with Gasteiger partial charge >= 0.3 is 0 Å². The van der Waals surface area contributed by atoms with Crippen LogP contribution in [-0.2, 0) is 20.1 Å². The van der Waals surface area contributed by atoms with E-state index < -0.39 is 10.0 Å². The van der Waals surface area contributed by atoms with E-state index in [4.69, 9.17) is 4.74 Å². The molecule has 0 aliphatic carbocycles. The molecule has 4 nitrogen and oxygen atoms in total. The van der Waals surface area contributed by atoms with Crippen LogP contribution < -0.4 is 4.72 Å². The zero-order chi connectivity index (χ0) is 13.9. The molecule has 0 spiro atoms. The molecular weight excluding hydrogens is 330 g/mol. The summed E-state index contributed by atoms with van der Waals surface area (Å²) in [6, 6.07) is 6.89. The van der Waals surface area contributed by atoms with Crippen molar-refractivity contribution in [3.63, 3.8) is 0 Å². The molecule has 0 bridgehead atoms. The van der Waals surface area contributed by atoms with Crippen LogP contribution in [0.5, 0.6) is 0 Å². The Balaban J connectivity index is 2.01. The Bertz CT molecular complexity index is 515. The van der Waals surface area contributed by atoms with Crippen LogP contribution in [0.2, 0.25) is 0 Å². The monoisotopic (exact) mass is 347 g/mol. The summed E-state index contributed by atoms with van der Waals surface area (Å²) in [6.07, 6.45) is 1.03. The minimum atomic E-state index is -3.42. The van der Waals surface area contributed by atoms with Crippen molar-refractivity contribution in [2.75, 3.05) is 13.2 Å². The molecule has 1 aromatic carbocycles. The SMILES string of the molecule is CC1OCCC1CNS(=O)(=O)c1ccc(CBr)cc1. The number of halogens is 1. The van der Waals surface area contributed by atoms with Gasteiger partial charge in [-0.3, -0.25) is 0 Å². The van der Waals surface area contributed by atoms with E-state index in [1.54, 1.807) is 12.1 Å². The van der Waals surface area contributed by atoms with E-state index in [1.165, 1.54) is 0 Å². The zero-order valence-corrected chi connectivity index (χ0v) is 13.2. The van der Waals surface area contributed by atoms with Gasteiger partial charge in [-0.05, 0) is 31.0 Å². The maximum absolute atomic E-state index is 12.1. The summed E-state index contributed by atoms with van der Waals surface area (Å²) in [4.78, 5) is 0.309. The van der Waals surface area contributed by atoms with E-state index in [0.717, 1.165) is 17.3 Å². The average molecular weight is 348 g/mol.